The number of nitrogens with zero attached hydrogens (tertiary/aromatic N) is 1. The fourth-order valence-electron chi connectivity index (χ4n) is 2.10. The minimum Gasteiger partial charge on any atom is -0.375 e. The third kappa shape index (κ3) is 4.33. The van der Waals surface area contributed by atoms with Crippen molar-refractivity contribution in [3.63, 3.8) is 0 Å². The molecule has 0 aliphatic heterocycles. The lowest BCUT2D eigenvalue weighted by molar-refractivity contribution is -0.0268. The van der Waals surface area contributed by atoms with Crippen LogP contribution in [0, 0.1) is 11.3 Å². The Bertz CT molecular complexity index is 436. The summed E-state index contributed by atoms with van der Waals surface area (Å²) >= 11 is 0. The normalized spacial score (nSPS) is 14.6. The Hall–Kier alpha value is -1.37. The molecule has 1 atom stereocenters. The van der Waals surface area contributed by atoms with E-state index in [1.54, 1.807) is 0 Å². The second-order valence-electron chi connectivity index (χ2n) is 5.63. The zero-order valence-electron chi connectivity index (χ0n) is 13.1. The highest BCUT2D eigenvalue weighted by Crippen LogP contribution is 2.26. The van der Waals surface area contributed by atoms with E-state index >= 15 is 0 Å². The minimum absolute atomic E-state index is 0.135. The van der Waals surface area contributed by atoms with Gasteiger partial charge in [0.15, 0.2) is 0 Å². The summed E-state index contributed by atoms with van der Waals surface area (Å²) in [7, 11) is 0. The van der Waals surface area contributed by atoms with Gasteiger partial charge in [-0.3, -0.25) is 5.32 Å². The van der Waals surface area contributed by atoms with Crippen LogP contribution in [0.15, 0.2) is 30.3 Å². The largest absolute Gasteiger partial charge is 0.375 e. The Morgan fingerprint density at radius 3 is 2.35 bits per heavy atom. The first kappa shape index (κ1) is 16.7. The van der Waals surface area contributed by atoms with Crippen LogP contribution in [0.4, 0.5) is 0 Å². The zero-order valence-corrected chi connectivity index (χ0v) is 13.1. The van der Waals surface area contributed by atoms with Crippen LogP contribution in [-0.4, -0.2) is 18.8 Å². The van der Waals surface area contributed by atoms with Crippen LogP contribution in [0.2, 0.25) is 0 Å². The number of hydrogen-bond acceptors (Lipinski definition) is 3. The lowest BCUT2D eigenvalue weighted by Gasteiger charge is -2.30. The van der Waals surface area contributed by atoms with Gasteiger partial charge in [-0.05, 0) is 32.4 Å². The summed E-state index contributed by atoms with van der Waals surface area (Å²) in [6.07, 6.45) is 1.60. The van der Waals surface area contributed by atoms with Gasteiger partial charge in [0.1, 0.15) is 5.54 Å². The van der Waals surface area contributed by atoms with Crippen LogP contribution in [0.3, 0.4) is 0 Å². The molecule has 0 aromatic heterocycles. The average Bonchev–Trinajstić information content (AvgIpc) is 2.47. The van der Waals surface area contributed by atoms with Crippen molar-refractivity contribution in [3.8, 4) is 6.07 Å². The van der Waals surface area contributed by atoms with Gasteiger partial charge >= 0.3 is 0 Å². The number of nitrogens with one attached hydrogen (secondary N) is 1. The molecule has 1 aromatic rings. The molecule has 0 aliphatic carbocycles. The van der Waals surface area contributed by atoms with Gasteiger partial charge in [0, 0.05) is 6.42 Å². The first-order valence-electron chi connectivity index (χ1n) is 7.35. The Kier molecular flexibility index (Phi) is 6.19. The molecule has 1 unspecified atom stereocenters. The second kappa shape index (κ2) is 7.42. The highest BCUT2D eigenvalue weighted by molar-refractivity contribution is 5.31. The molecule has 3 heteroatoms. The third-order valence-electron chi connectivity index (χ3n) is 3.76. The smallest absolute Gasteiger partial charge is 0.134 e. The first-order chi connectivity index (χ1) is 9.49. The molecule has 110 valence electrons. The summed E-state index contributed by atoms with van der Waals surface area (Å²) in [5, 5.41) is 13.0. The molecular formula is C17H26N2O. The Labute approximate surface area is 123 Å². The number of benzene rings is 1. The predicted molar refractivity (Wildman–Crippen MR) is 82.3 cm³/mol. The summed E-state index contributed by atoms with van der Waals surface area (Å²) in [6, 6.07) is 12.3. The van der Waals surface area contributed by atoms with E-state index in [0.29, 0.717) is 13.0 Å². The SMILES string of the molecule is CCNC(C#N)(CCOC(C)(C)CC)c1ccccc1. The molecule has 1 rings (SSSR count). The van der Waals surface area contributed by atoms with Crippen LogP contribution in [-0.2, 0) is 10.3 Å². The highest BCUT2D eigenvalue weighted by atomic mass is 16.5. The monoisotopic (exact) mass is 274 g/mol. The van der Waals surface area contributed by atoms with E-state index in [4.69, 9.17) is 4.74 Å². The molecule has 0 saturated heterocycles. The predicted octanol–water partition coefficient (Wildman–Crippen LogP) is 3.61. The molecule has 1 N–H and O–H groups in total. The van der Waals surface area contributed by atoms with Crippen LogP contribution >= 0.6 is 0 Å². The van der Waals surface area contributed by atoms with Crippen molar-refractivity contribution in [2.75, 3.05) is 13.2 Å². The second-order valence-corrected chi connectivity index (χ2v) is 5.63. The standard InChI is InChI=1S/C17H26N2O/c1-5-16(3,4)20-13-12-17(14-18,19-6-2)15-10-8-7-9-11-15/h7-11,19H,5-6,12-13H2,1-4H3. The van der Waals surface area contributed by atoms with Gasteiger partial charge in [-0.1, -0.05) is 44.2 Å². The molecule has 0 saturated carbocycles. The average molecular weight is 274 g/mol. The Balaban J connectivity index is 2.83. The minimum atomic E-state index is -0.667. The van der Waals surface area contributed by atoms with E-state index in [1.807, 2.05) is 37.3 Å². The van der Waals surface area contributed by atoms with Gasteiger partial charge in [-0.25, -0.2) is 0 Å². The maximum absolute atomic E-state index is 9.68. The number of rotatable bonds is 8. The van der Waals surface area contributed by atoms with Crippen LogP contribution in [0.25, 0.3) is 0 Å². The van der Waals surface area contributed by atoms with Gasteiger partial charge in [0.05, 0.1) is 18.3 Å². The first-order valence-corrected chi connectivity index (χ1v) is 7.35. The van der Waals surface area contributed by atoms with Crippen LogP contribution in [0.1, 0.15) is 46.1 Å². The lowest BCUT2D eigenvalue weighted by Crippen LogP contribution is -2.42. The van der Waals surface area contributed by atoms with Gasteiger partial charge in [0.2, 0.25) is 0 Å². The molecule has 0 radical (unpaired) electrons. The third-order valence-corrected chi connectivity index (χ3v) is 3.76. The van der Waals surface area contributed by atoms with Crippen molar-refractivity contribution in [1.82, 2.24) is 5.32 Å². The van der Waals surface area contributed by atoms with Crippen molar-refractivity contribution < 1.29 is 4.74 Å². The molecule has 1 aromatic carbocycles. The highest BCUT2D eigenvalue weighted by Gasteiger charge is 2.31. The van der Waals surface area contributed by atoms with Gasteiger partial charge in [0.25, 0.3) is 0 Å². The summed E-state index contributed by atoms with van der Waals surface area (Å²) in [5.41, 5.74) is 0.200. The van der Waals surface area contributed by atoms with E-state index in [-0.39, 0.29) is 5.60 Å². The fourth-order valence-corrected chi connectivity index (χ4v) is 2.10. The lowest BCUT2D eigenvalue weighted by atomic mass is 9.88. The quantitative estimate of drug-likeness (QED) is 0.787. The van der Waals surface area contributed by atoms with Crippen LogP contribution < -0.4 is 5.32 Å². The maximum atomic E-state index is 9.68. The van der Waals surface area contributed by atoms with E-state index in [0.717, 1.165) is 18.5 Å². The molecule has 0 aliphatic rings. The molecule has 0 amide bonds. The Morgan fingerprint density at radius 1 is 1.20 bits per heavy atom. The zero-order chi connectivity index (χ0) is 15.1. The molecular weight excluding hydrogens is 248 g/mol. The molecule has 0 bridgehead atoms. The number of hydrogen-bond donors (Lipinski definition) is 1. The molecule has 0 heterocycles. The molecule has 3 nitrogen and oxygen atoms in total. The summed E-state index contributed by atoms with van der Waals surface area (Å²) in [5.74, 6) is 0. The van der Waals surface area contributed by atoms with Crippen molar-refractivity contribution in [1.29, 1.82) is 5.26 Å². The summed E-state index contributed by atoms with van der Waals surface area (Å²) in [6.45, 7) is 9.61. The van der Waals surface area contributed by atoms with Gasteiger partial charge in [-0.15, -0.1) is 0 Å². The van der Waals surface area contributed by atoms with Crippen molar-refractivity contribution in [2.24, 2.45) is 0 Å². The Morgan fingerprint density at radius 2 is 1.85 bits per heavy atom. The van der Waals surface area contributed by atoms with Crippen molar-refractivity contribution >= 4 is 0 Å². The van der Waals surface area contributed by atoms with E-state index in [2.05, 4.69) is 32.2 Å². The van der Waals surface area contributed by atoms with E-state index in [1.165, 1.54) is 0 Å². The van der Waals surface area contributed by atoms with Gasteiger partial charge in [-0.2, -0.15) is 5.26 Å². The molecule has 20 heavy (non-hydrogen) atoms. The molecule has 0 spiro atoms. The molecule has 0 fully saturated rings. The topological polar surface area (TPSA) is 45.0 Å². The van der Waals surface area contributed by atoms with Gasteiger partial charge < -0.3 is 4.74 Å². The summed E-state index contributed by atoms with van der Waals surface area (Å²) in [4.78, 5) is 0. The van der Waals surface area contributed by atoms with E-state index < -0.39 is 5.54 Å². The van der Waals surface area contributed by atoms with Crippen molar-refractivity contribution in [2.45, 2.75) is 51.7 Å². The van der Waals surface area contributed by atoms with E-state index in [9.17, 15) is 5.26 Å². The maximum Gasteiger partial charge on any atom is 0.134 e. The van der Waals surface area contributed by atoms with Crippen molar-refractivity contribution in [3.05, 3.63) is 35.9 Å². The van der Waals surface area contributed by atoms with Crippen LogP contribution in [0.5, 0.6) is 0 Å². The summed E-state index contributed by atoms with van der Waals surface area (Å²) < 4.78 is 5.91. The fraction of sp³-hybridized carbons (Fsp3) is 0.588. The number of nitriles is 1. The number of ether oxygens (including phenoxy) is 1.